The summed E-state index contributed by atoms with van der Waals surface area (Å²) < 4.78 is 40.2. The first-order valence-corrected chi connectivity index (χ1v) is 8.09. The van der Waals surface area contributed by atoms with Gasteiger partial charge >= 0.3 is 6.18 Å². The average Bonchev–Trinajstić information content (AvgIpc) is 3.04. The van der Waals surface area contributed by atoms with Gasteiger partial charge in [0.05, 0.1) is 5.56 Å². The summed E-state index contributed by atoms with van der Waals surface area (Å²) in [5.41, 5.74) is 0.315. The highest BCUT2D eigenvalue weighted by Crippen LogP contribution is 2.31. The lowest BCUT2D eigenvalue weighted by atomic mass is 10.1. The van der Waals surface area contributed by atoms with Crippen LogP contribution in [-0.2, 0) is 13.2 Å². The third-order valence-electron chi connectivity index (χ3n) is 3.81. The van der Waals surface area contributed by atoms with Crippen LogP contribution < -0.4 is 5.32 Å². The van der Waals surface area contributed by atoms with E-state index in [1.54, 1.807) is 30.3 Å². The third kappa shape index (κ3) is 4.44. The molecule has 0 radical (unpaired) electrons. The largest absolute Gasteiger partial charge is 0.435 e. The van der Waals surface area contributed by atoms with Gasteiger partial charge in [-0.1, -0.05) is 60.7 Å². The Morgan fingerprint density at radius 3 is 2.41 bits per heavy atom. The van der Waals surface area contributed by atoms with E-state index in [1.807, 2.05) is 36.4 Å². The molecule has 1 amide bonds. The summed E-state index contributed by atoms with van der Waals surface area (Å²) in [4.78, 5) is 12.4. The minimum absolute atomic E-state index is 0.409. The van der Waals surface area contributed by atoms with E-state index in [1.165, 1.54) is 7.05 Å². The number of hydrogen-bond acceptors (Lipinski definition) is 2. The Morgan fingerprint density at radius 2 is 1.70 bits per heavy atom. The third-order valence-corrected chi connectivity index (χ3v) is 3.81. The van der Waals surface area contributed by atoms with Gasteiger partial charge in [-0.05, 0) is 17.2 Å². The number of rotatable bonds is 4. The van der Waals surface area contributed by atoms with E-state index in [0.717, 1.165) is 16.4 Å². The molecule has 0 spiro atoms. The van der Waals surface area contributed by atoms with Gasteiger partial charge in [-0.15, -0.1) is 0 Å². The van der Waals surface area contributed by atoms with Crippen LogP contribution in [0.5, 0.6) is 0 Å². The second-order valence-electron chi connectivity index (χ2n) is 5.85. The normalized spacial score (nSPS) is 11.7. The Morgan fingerprint density at radius 1 is 1.04 bits per heavy atom. The lowest BCUT2D eigenvalue weighted by molar-refractivity contribution is -0.141. The molecule has 1 N–H and O–H groups in total. The van der Waals surface area contributed by atoms with E-state index in [0.29, 0.717) is 11.3 Å². The molecule has 0 saturated heterocycles. The van der Waals surface area contributed by atoms with Crippen molar-refractivity contribution in [3.8, 4) is 0 Å². The summed E-state index contributed by atoms with van der Waals surface area (Å²) in [6.45, 7) is 0. The number of nitrogens with zero attached hydrogens (tertiary/aromatic N) is 2. The van der Waals surface area contributed by atoms with E-state index in [-0.39, 0.29) is 0 Å². The SMILES string of the molecule is Cn1cc(C(=O)Nc2ccccc2/C=C/c2ccccc2)c(C(F)(F)F)n1. The molecule has 0 unspecified atom stereocenters. The van der Waals surface area contributed by atoms with Crippen LogP contribution in [0.25, 0.3) is 12.2 Å². The van der Waals surface area contributed by atoms with Crippen molar-refractivity contribution in [1.29, 1.82) is 0 Å². The topological polar surface area (TPSA) is 46.9 Å². The maximum absolute atomic E-state index is 13.1. The molecule has 0 aliphatic carbocycles. The van der Waals surface area contributed by atoms with Crippen molar-refractivity contribution in [2.45, 2.75) is 6.18 Å². The monoisotopic (exact) mass is 371 g/mol. The van der Waals surface area contributed by atoms with Crippen LogP contribution in [0.2, 0.25) is 0 Å². The molecular weight excluding hydrogens is 355 g/mol. The van der Waals surface area contributed by atoms with Crippen LogP contribution in [-0.4, -0.2) is 15.7 Å². The number of alkyl halides is 3. The van der Waals surface area contributed by atoms with Gasteiger partial charge in [0.15, 0.2) is 5.69 Å². The zero-order chi connectivity index (χ0) is 19.4. The number of anilines is 1. The van der Waals surface area contributed by atoms with Crippen molar-refractivity contribution < 1.29 is 18.0 Å². The molecule has 3 aromatic rings. The standard InChI is InChI=1S/C20H16F3N3O/c1-26-13-16(18(25-26)20(21,22)23)19(27)24-17-10-6-5-9-15(17)12-11-14-7-3-2-4-8-14/h2-13H,1H3,(H,24,27)/b12-11+. The molecule has 3 rings (SSSR count). The Kier molecular flexibility index (Phi) is 5.12. The number of hydrogen-bond donors (Lipinski definition) is 1. The molecule has 0 atom stereocenters. The first kappa shape index (κ1) is 18.4. The summed E-state index contributed by atoms with van der Waals surface area (Å²) in [5, 5.41) is 5.91. The van der Waals surface area contributed by atoms with Crippen LogP contribution in [0.15, 0.2) is 60.8 Å². The summed E-state index contributed by atoms with van der Waals surface area (Å²) in [7, 11) is 1.34. The predicted octanol–water partition coefficient (Wildman–Crippen LogP) is 4.86. The predicted molar refractivity (Wildman–Crippen MR) is 98.0 cm³/mol. The number of carbonyl (C=O) groups is 1. The number of carbonyl (C=O) groups excluding carboxylic acids is 1. The molecule has 0 aliphatic heterocycles. The zero-order valence-corrected chi connectivity index (χ0v) is 14.4. The molecule has 138 valence electrons. The van der Waals surface area contributed by atoms with Crippen molar-refractivity contribution in [3.05, 3.63) is 83.2 Å². The van der Waals surface area contributed by atoms with E-state index in [2.05, 4.69) is 10.4 Å². The van der Waals surface area contributed by atoms with Gasteiger partial charge in [-0.3, -0.25) is 9.48 Å². The van der Waals surface area contributed by atoms with E-state index in [9.17, 15) is 18.0 Å². The van der Waals surface area contributed by atoms with Crippen molar-refractivity contribution in [3.63, 3.8) is 0 Å². The van der Waals surface area contributed by atoms with Crippen molar-refractivity contribution in [1.82, 2.24) is 9.78 Å². The minimum atomic E-state index is -4.71. The zero-order valence-electron chi connectivity index (χ0n) is 14.4. The van der Waals surface area contributed by atoms with Gasteiger partial charge in [0.2, 0.25) is 0 Å². The molecule has 1 heterocycles. The Labute approximate surface area is 153 Å². The molecule has 4 nitrogen and oxygen atoms in total. The number of aryl methyl sites for hydroxylation is 1. The molecule has 0 fully saturated rings. The summed E-state index contributed by atoms with van der Waals surface area (Å²) >= 11 is 0. The van der Waals surface area contributed by atoms with Crippen LogP contribution >= 0.6 is 0 Å². The lowest BCUT2D eigenvalue weighted by Crippen LogP contribution is -2.18. The van der Waals surface area contributed by atoms with Gasteiger partial charge in [0.25, 0.3) is 5.91 Å². The minimum Gasteiger partial charge on any atom is -0.321 e. The van der Waals surface area contributed by atoms with Crippen LogP contribution in [0.4, 0.5) is 18.9 Å². The number of nitrogens with one attached hydrogen (secondary N) is 1. The maximum atomic E-state index is 13.1. The fourth-order valence-corrected chi connectivity index (χ4v) is 2.56. The van der Waals surface area contributed by atoms with Crippen LogP contribution in [0, 0.1) is 0 Å². The van der Waals surface area contributed by atoms with Crippen LogP contribution in [0.3, 0.4) is 0 Å². The lowest BCUT2D eigenvalue weighted by Gasteiger charge is -2.09. The number of aromatic nitrogens is 2. The van der Waals surface area contributed by atoms with E-state index >= 15 is 0 Å². The summed E-state index contributed by atoms with van der Waals surface area (Å²) in [5.74, 6) is -0.865. The molecule has 1 aromatic heterocycles. The van der Waals surface area contributed by atoms with Gasteiger partial charge in [0, 0.05) is 18.9 Å². The van der Waals surface area contributed by atoms with Gasteiger partial charge in [0.1, 0.15) is 0 Å². The first-order chi connectivity index (χ1) is 12.8. The van der Waals surface area contributed by atoms with E-state index in [4.69, 9.17) is 0 Å². The molecule has 0 bridgehead atoms. The summed E-state index contributed by atoms with van der Waals surface area (Å²) in [6, 6.07) is 16.4. The second kappa shape index (κ2) is 7.49. The Bertz CT molecular complexity index is 976. The quantitative estimate of drug-likeness (QED) is 0.666. The number of benzene rings is 2. The molecule has 7 heteroatoms. The molecular formula is C20H16F3N3O. The first-order valence-electron chi connectivity index (χ1n) is 8.09. The van der Waals surface area contributed by atoms with Gasteiger partial charge in [-0.25, -0.2) is 0 Å². The smallest absolute Gasteiger partial charge is 0.321 e. The van der Waals surface area contributed by atoms with E-state index < -0.39 is 23.3 Å². The molecule has 2 aromatic carbocycles. The maximum Gasteiger partial charge on any atom is 0.435 e. The van der Waals surface area contributed by atoms with Crippen molar-refractivity contribution >= 4 is 23.7 Å². The highest BCUT2D eigenvalue weighted by molar-refractivity contribution is 6.06. The number of amides is 1. The highest BCUT2D eigenvalue weighted by atomic mass is 19.4. The van der Waals surface area contributed by atoms with Crippen LogP contribution in [0.1, 0.15) is 27.2 Å². The molecule has 0 saturated carbocycles. The van der Waals surface area contributed by atoms with Crippen molar-refractivity contribution in [2.24, 2.45) is 7.05 Å². The molecule has 0 aliphatic rings. The van der Waals surface area contributed by atoms with Gasteiger partial charge in [-0.2, -0.15) is 18.3 Å². The second-order valence-corrected chi connectivity index (χ2v) is 5.85. The Balaban J connectivity index is 1.87. The highest BCUT2D eigenvalue weighted by Gasteiger charge is 2.39. The summed E-state index contributed by atoms with van der Waals surface area (Å²) in [6.07, 6.45) is -0.00366. The Hall–Kier alpha value is -3.35. The van der Waals surface area contributed by atoms with Gasteiger partial charge < -0.3 is 5.32 Å². The fourth-order valence-electron chi connectivity index (χ4n) is 2.56. The van der Waals surface area contributed by atoms with Crippen molar-refractivity contribution in [2.75, 3.05) is 5.32 Å². The number of para-hydroxylation sites is 1. The number of halogens is 3. The molecule has 27 heavy (non-hydrogen) atoms. The average molecular weight is 371 g/mol. The fraction of sp³-hybridized carbons (Fsp3) is 0.100.